The molecule has 0 spiro atoms. The van der Waals surface area contributed by atoms with Crippen LogP contribution in [0.2, 0.25) is 0 Å². The summed E-state index contributed by atoms with van der Waals surface area (Å²) in [6.45, 7) is 3.16. The minimum atomic E-state index is 0.0351. The number of amides is 1. The van der Waals surface area contributed by atoms with Crippen LogP contribution in [0, 0.1) is 6.92 Å². The van der Waals surface area contributed by atoms with Crippen LogP contribution >= 0.6 is 0 Å². The first kappa shape index (κ1) is 18.7. The molecule has 0 radical (unpaired) electrons. The number of carbonyl (C=O) groups excluding carboxylic acids is 1. The Morgan fingerprint density at radius 2 is 1.93 bits per heavy atom. The van der Waals surface area contributed by atoms with Gasteiger partial charge in [-0.1, -0.05) is 48.5 Å². The third-order valence-electron chi connectivity index (χ3n) is 6.09. The highest BCUT2D eigenvalue weighted by Gasteiger charge is 2.26. The normalized spacial score (nSPS) is 15.8. The molecule has 0 aliphatic heterocycles. The zero-order chi connectivity index (χ0) is 20.5. The Morgan fingerprint density at radius 3 is 2.80 bits per heavy atom. The fraction of sp³-hybridized carbons (Fsp3) is 0.280. The lowest BCUT2D eigenvalue weighted by Gasteiger charge is -2.24. The minimum Gasteiger partial charge on any atom is -0.348 e. The Bertz CT molecular complexity index is 1190. The average molecular weight is 399 g/mol. The fourth-order valence-corrected chi connectivity index (χ4v) is 4.60. The molecule has 5 rings (SSSR count). The van der Waals surface area contributed by atoms with Crippen LogP contribution in [0.25, 0.3) is 10.9 Å². The first-order chi connectivity index (χ1) is 14.7. The maximum Gasteiger partial charge on any atom is 0.240 e. The van der Waals surface area contributed by atoms with E-state index in [0.717, 1.165) is 37.0 Å². The Kier molecular flexibility index (Phi) is 4.87. The Balaban J connectivity index is 1.33. The highest BCUT2D eigenvalue weighted by molar-refractivity contribution is 5.84. The van der Waals surface area contributed by atoms with Gasteiger partial charge in [0, 0.05) is 22.5 Å². The van der Waals surface area contributed by atoms with Gasteiger partial charge in [-0.15, -0.1) is 0 Å². The molecule has 0 saturated heterocycles. The van der Waals surface area contributed by atoms with Gasteiger partial charge in [-0.3, -0.25) is 9.48 Å². The number of para-hydroxylation sites is 1. The molecule has 5 heteroatoms. The van der Waals surface area contributed by atoms with Crippen molar-refractivity contribution in [1.29, 1.82) is 0 Å². The third kappa shape index (κ3) is 3.52. The summed E-state index contributed by atoms with van der Waals surface area (Å²) in [4.78, 5) is 12.9. The van der Waals surface area contributed by atoms with Crippen LogP contribution in [0.15, 0.2) is 66.9 Å². The van der Waals surface area contributed by atoms with E-state index in [4.69, 9.17) is 0 Å². The van der Waals surface area contributed by atoms with E-state index in [2.05, 4.69) is 69.1 Å². The van der Waals surface area contributed by atoms with Crippen LogP contribution < -0.4 is 5.32 Å². The number of hydrogen-bond donors (Lipinski definition) is 1. The SMILES string of the molecule is Cc1cc2ccccc2n1CC(=O)NC1CCCc2c1cnn2Cc1ccccc1. The van der Waals surface area contributed by atoms with Gasteiger partial charge in [0.15, 0.2) is 0 Å². The van der Waals surface area contributed by atoms with Crippen LogP contribution in [-0.4, -0.2) is 20.3 Å². The quantitative estimate of drug-likeness (QED) is 0.542. The van der Waals surface area contributed by atoms with Crippen LogP contribution in [0.3, 0.4) is 0 Å². The summed E-state index contributed by atoms with van der Waals surface area (Å²) in [6.07, 6.45) is 4.97. The number of rotatable bonds is 5. The lowest BCUT2D eigenvalue weighted by atomic mass is 9.93. The predicted molar refractivity (Wildman–Crippen MR) is 118 cm³/mol. The summed E-state index contributed by atoms with van der Waals surface area (Å²) in [5.74, 6) is 0.0492. The zero-order valence-electron chi connectivity index (χ0n) is 17.2. The van der Waals surface area contributed by atoms with E-state index in [-0.39, 0.29) is 11.9 Å². The zero-order valence-corrected chi connectivity index (χ0v) is 17.2. The number of aromatic nitrogens is 3. The summed E-state index contributed by atoms with van der Waals surface area (Å²) >= 11 is 0. The number of fused-ring (bicyclic) bond motifs is 2. The van der Waals surface area contributed by atoms with E-state index < -0.39 is 0 Å². The third-order valence-corrected chi connectivity index (χ3v) is 6.09. The molecule has 2 aromatic heterocycles. The van der Waals surface area contributed by atoms with Gasteiger partial charge in [0.05, 0.1) is 18.8 Å². The smallest absolute Gasteiger partial charge is 0.240 e. The molecule has 1 amide bonds. The lowest BCUT2D eigenvalue weighted by Crippen LogP contribution is -2.33. The van der Waals surface area contributed by atoms with E-state index in [9.17, 15) is 4.79 Å². The van der Waals surface area contributed by atoms with E-state index in [1.54, 1.807) is 0 Å². The van der Waals surface area contributed by atoms with Crippen LogP contribution in [0.1, 0.15) is 41.4 Å². The van der Waals surface area contributed by atoms with Gasteiger partial charge < -0.3 is 9.88 Å². The Labute approximate surface area is 176 Å². The van der Waals surface area contributed by atoms with E-state index >= 15 is 0 Å². The molecule has 0 bridgehead atoms. The summed E-state index contributed by atoms with van der Waals surface area (Å²) in [5, 5.41) is 9.08. The van der Waals surface area contributed by atoms with Crippen molar-refractivity contribution in [3.05, 3.63) is 89.4 Å². The second-order valence-electron chi connectivity index (χ2n) is 8.13. The first-order valence-corrected chi connectivity index (χ1v) is 10.6. The molecule has 152 valence electrons. The van der Waals surface area contributed by atoms with Crippen LogP contribution in [0.5, 0.6) is 0 Å². The highest BCUT2D eigenvalue weighted by atomic mass is 16.2. The van der Waals surface area contributed by atoms with Crippen molar-refractivity contribution in [1.82, 2.24) is 19.7 Å². The van der Waals surface area contributed by atoms with Gasteiger partial charge in [-0.05, 0) is 49.3 Å². The van der Waals surface area contributed by atoms with Crippen molar-refractivity contribution in [2.75, 3.05) is 0 Å². The summed E-state index contributed by atoms with van der Waals surface area (Å²) in [7, 11) is 0. The monoisotopic (exact) mass is 398 g/mol. The number of aryl methyl sites for hydroxylation is 1. The second kappa shape index (κ2) is 7.82. The molecule has 0 saturated carbocycles. The van der Waals surface area contributed by atoms with Crippen LogP contribution in [-0.2, 0) is 24.3 Å². The van der Waals surface area contributed by atoms with Gasteiger partial charge in [0.1, 0.15) is 6.54 Å². The molecule has 1 N–H and O–H groups in total. The molecule has 2 aromatic carbocycles. The first-order valence-electron chi connectivity index (χ1n) is 10.6. The lowest BCUT2D eigenvalue weighted by molar-refractivity contribution is -0.122. The molecular formula is C25H26N4O. The Morgan fingerprint density at radius 1 is 1.13 bits per heavy atom. The van der Waals surface area contributed by atoms with Gasteiger partial charge in [0.2, 0.25) is 5.91 Å². The average Bonchev–Trinajstić information content (AvgIpc) is 3.31. The highest BCUT2D eigenvalue weighted by Crippen LogP contribution is 2.30. The van der Waals surface area contributed by atoms with E-state index in [1.807, 2.05) is 24.4 Å². The van der Waals surface area contributed by atoms with Crippen molar-refractivity contribution in [3.63, 3.8) is 0 Å². The number of hydrogen-bond acceptors (Lipinski definition) is 2. The maximum absolute atomic E-state index is 12.9. The fourth-order valence-electron chi connectivity index (χ4n) is 4.60. The molecule has 2 heterocycles. The van der Waals surface area contributed by atoms with Crippen molar-refractivity contribution in [3.8, 4) is 0 Å². The molecule has 1 aliphatic rings. The topological polar surface area (TPSA) is 51.9 Å². The largest absolute Gasteiger partial charge is 0.348 e. The van der Waals surface area contributed by atoms with E-state index in [1.165, 1.54) is 22.2 Å². The van der Waals surface area contributed by atoms with E-state index in [0.29, 0.717) is 6.54 Å². The predicted octanol–water partition coefficient (Wildman–Crippen LogP) is 4.39. The van der Waals surface area contributed by atoms with Gasteiger partial charge in [0.25, 0.3) is 0 Å². The van der Waals surface area contributed by atoms with Gasteiger partial charge in [-0.25, -0.2) is 0 Å². The summed E-state index contributed by atoms with van der Waals surface area (Å²) in [5.41, 5.74) is 5.86. The molecule has 1 unspecified atom stereocenters. The molecule has 4 aromatic rings. The number of carbonyl (C=O) groups is 1. The van der Waals surface area contributed by atoms with Gasteiger partial charge in [-0.2, -0.15) is 5.10 Å². The van der Waals surface area contributed by atoms with Crippen molar-refractivity contribution >= 4 is 16.8 Å². The molecule has 5 nitrogen and oxygen atoms in total. The minimum absolute atomic E-state index is 0.0351. The maximum atomic E-state index is 12.9. The number of nitrogens with one attached hydrogen (secondary N) is 1. The second-order valence-corrected chi connectivity index (χ2v) is 8.13. The molecule has 0 fully saturated rings. The molecule has 1 atom stereocenters. The molecular weight excluding hydrogens is 372 g/mol. The van der Waals surface area contributed by atoms with Crippen molar-refractivity contribution in [2.24, 2.45) is 0 Å². The standard InChI is InChI=1S/C25H26N4O/c1-18-14-20-10-5-6-12-23(20)28(18)17-25(30)27-22-11-7-13-24-21(22)15-26-29(24)16-19-8-3-2-4-9-19/h2-6,8-10,12,14-15,22H,7,11,13,16-17H2,1H3,(H,27,30). The molecule has 1 aliphatic carbocycles. The number of benzene rings is 2. The van der Waals surface area contributed by atoms with Gasteiger partial charge >= 0.3 is 0 Å². The summed E-state index contributed by atoms with van der Waals surface area (Å²) < 4.78 is 4.18. The van der Waals surface area contributed by atoms with Crippen molar-refractivity contribution < 1.29 is 4.79 Å². The Hall–Kier alpha value is -3.34. The summed E-state index contributed by atoms with van der Waals surface area (Å²) in [6, 6.07) is 20.8. The molecule has 30 heavy (non-hydrogen) atoms. The number of nitrogens with zero attached hydrogens (tertiary/aromatic N) is 3. The van der Waals surface area contributed by atoms with Crippen LogP contribution in [0.4, 0.5) is 0 Å². The van der Waals surface area contributed by atoms with Crippen molar-refractivity contribution in [2.45, 2.75) is 45.3 Å².